The standard InChI is InChI=1S/C10H11ClO.CH2O/c11-9-5-3-8(4-6-9)10-2-1-7-12-10;1-2/h3-6,10H,1-2,7H2;1H2. The average molecular weight is 213 g/mol. The van der Waals surface area contributed by atoms with E-state index in [0.29, 0.717) is 6.10 Å². The first kappa shape index (κ1) is 11.2. The third-order valence-corrected chi connectivity index (χ3v) is 2.42. The molecule has 0 aromatic heterocycles. The predicted molar refractivity (Wildman–Crippen MR) is 56.5 cm³/mol. The molecule has 0 radical (unpaired) electrons. The molecule has 14 heavy (non-hydrogen) atoms. The van der Waals surface area contributed by atoms with Crippen molar-refractivity contribution in [3.8, 4) is 0 Å². The van der Waals surface area contributed by atoms with Crippen molar-refractivity contribution in [1.82, 2.24) is 0 Å². The van der Waals surface area contributed by atoms with E-state index in [-0.39, 0.29) is 0 Å². The Balaban J connectivity index is 0.000000461. The van der Waals surface area contributed by atoms with E-state index in [1.54, 1.807) is 0 Å². The molecule has 2 rings (SSSR count). The average Bonchev–Trinajstić information content (AvgIpc) is 2.75. The van der Waals surface area contributed by atoms with Gasteiger partial charge in [-0.05, 0) is 30.5 Å². The molecule has 1 unspecified atom stereocenters. The molecule has 1 atom stereocenters. The summed E-state index contributed by atoms with van der Waals surface area (Å²) in [7, 11) is 0. The van der Waals surface area contributed by atoms with Gasteiger partial charge in [-0.1, -0.05) is 23.7 Å². The van der Waals surface area contributed by atoms with Crippen LogP contribution >= 0.6 is 11.6 Å². The van der Waals surface area contributed by atoms with E-state index in [0.717, 1.165) is 18.1 Å². The van der Waals surface area contributed by atoms with E-state index in [9.17, 15) is 0 Å². The third kappa shape index (κ3) is 2.82. The first-order valence-corrected chi connectivity index (χ1v) is 4.90. The van der Waals surface area contributed by atoms with Gasteiger partial charge in [0.25, 0.3) is 0 Å². The van der Waals surface area contributed by atoms with Crippen molar-refractivity contribution in [1.29, 1.82) is 0 Å². The maximum absolute atomic E-state index is 8.00. The number of ether oxygens (including phenoxy) is 1. The molecule has 0 spiro atoms. The van der Waals surface area contributed by atoms with Crippen LogP contribution in [0.25, 0.3) is 0 Å². The molecule has 0 saturated carbocycles. The Labute approximate surface area is 88.8 Å². The summed E-state index contributed by atoms with van der Waals surface area (Å²) in [4.78, 5) is 8.00. The quantitative estimate of drug-likeness (QED) is 0.716. The minimum absolute atomic E-state index is 0.308. The molecular formula is C11H13ClO2. The van der Waals surface area contributed by atoms with E-state index < -0.39 is 0 Å². The van der Waals surface area contributed by atoms with Crippen molar-refractivity contribution in [2.24, 2.45) is 0 Å². The number of carbonyl (C=O) groups is 1. The van der Waals surface area contributed by atoms with Gasteiger partial charge in [0.05, 0.1) is 6.10 Å². The first-order valence-electron chi connectivity index (χ1n) is 4.52. The van der Waals surface area contributed by atoms with Gasteiger partial charge >= 0.3 is 0 Å². The van der Waals surface area contributed by atoms with Crippen LogP contribution in [0, 0.1) is 0 Å². The SMILES string of the molecule is C=O.Clc1ccc(C2CCCO2)cc1. The third-order valence-electron chi connectivity index (χ3n) is 2.17. The smallest absolute Gasteiger partial charge is 0.106 e. The molecule has 1 saturated heterocycles. The van der Waals surface area contributed by atoms with Gasteiger partial charge in [0.1, 0.15) is 6.79 Å². The molecule has 0 bridgehead atoms. The molecule has 0 amide bonds. The van der Waals surface area contributed by atoms with Gasteiger partial charge in [0.2, 0.25) is 0 Å². The van der Waals surface area contributed by atoms with Gasteiger partial charge < -0.3 is 9.53 Å². The predicted octanol–water partition coefficient (Wildman–Crippen LogP) is 3.01. The highest BCUT2D eigenvalue weighted by Gasteiger charge is 2.16. The van der Waals surface area contributed by atoms with Crippen LogP contribution in [-0.4, -0.2) is 13.4 Å². The minimum atomic E-state index is 0.308. The lowest BCUT2D eigenvalue weighted by molar-refractivity contribution is -0.0979. The molecule has 3 heteroatoms. The summed E-state index contributed by atoms with van der Waals surface area (Å²) in [5.41, 5.74) is 1.25. The Bertz CT molecular complexity index is 265. The van der Waals surface area contributed by atoms with Crippen LogP contribution in [0.3, 0.4) is 0 Å². The monoisotopic (exact) mass is 212 g/mol. The Hall–Kier alpha value is -0.860. The van der Waals surface area contributed by atoms with Crippen molar-refractivity contribution in [2.75, 3.05) is 6.61 Å². The summed E-state index contributed by atoms with van der Waals surface area (Å²) in [6.07, 6.45) is 2.62. The molecule has 1 aliphatic rings. The largest absolute Gasteiger partial charge is 0.374 e. The maximum atomic E-state index is 8.00. The summed E-state index contributed by atoms with van der Waals surface area (Å²) >= 11 is 5.78. The van der Waals surface area contributed by atoms with Crippen LogP contribution in [0.2, 0.25) is 5.02 Å². The lowest BCUT2D eigenvalue weighted by atomic mass is 10.1. The molecule has 1 aromatic carbocycles. The summed E-state index contributed by atoms with van der Waals surface area (Å²) in [5, 5.41) is 0.789. The van der Waals surface area contributed by atoms with Gasteiger partial charge in [-0.15, -0.1) is 0 Å². The van der Waals surface area contributed by atoms with Crippen LogP contribution < -0.4 is 0 Å². The van der Waals surface area contributed by atoms with Crippen LogP contribution in [0.4, 0.5) is 0 Å². The molecule has 1 fully saturated rings. The first-order chi connectivity index (χ1) is 6.86. The Morgan fingerprint density at radius 1 is 1.29 bits per heavy atom. The zero-order chi connectivity index (χ0) is 10.4. The molecular weight excluding hydrogens is 200 g/mol. The lowest BCUT2D eigenvalue weighted by Crippen LogP contribution is -1.94. The summed E-state index contributed by atoms with van der Waals surface area (Å²) in [6, 6.07) is 7.91. The normalized spacial score (nSPS) is 19.9. The summed E-state index contributed by atoms with van der Waals surface area (Å²) in [6.45, 7) is 2.90. The Kier molecular flexibility index (Phi) is 4.63. The Morgan fingerprint density at radius 2 is 1.93 bits per heavy atom. The molecule has 2 nitrogen and oxygen atoms in total. The molecule has 0 N–H and O–H groups in total. The number of halogens is 1. The minimum Gasteiger partial charge on any atom is -0.374 e. The van der Waals surface area contributed by atoms with Gasteiger partial charge in [-0.25, -0.2) is 0 Å². The number of carbonyl (C=O) groups excluding carboxylic acids is 1. The molecule has 1 aliphatic heterocycles. The number of hydrogen-bond acceptors (Lipinski definition) is 2. The number of hydrogen-bond donors (Lipinski definition) is 0. The lowest BCUT2D eigenvalue weighted by Gasteiger charge is -2.08. The van der Waals surface area contributed by atoms with E-state index in [4.69, 9.17) is 21.1 Å². The second-order valence-electron chi connectivity index (χ2n) is 3.05. The van der Waals surface area contributed by atoms with Crippen LogP contribution in [0.1, 0.15) is 24.5 Å². The van der Waals surface area contributed by atoms with Gasteiger partial charge in [-0.3, -0.25) is 0 Å². The van der Waals surface area contributed by atoms with Crippen LogP contribution in [0.5, 0.6) is 0 Å². The second-order valence-corrected chi connectivity index (χ2v) is 3.49. The highest BCUT2D eigenvalue weighted by atomic mass is 35.5. The van der Waals surface area contributed by atoms with Crippen molar-refractivity contribution >= 4 is 18.4 Å². The summed E-state index contributed by atoms with van der Waals surface area (Å²) in [5.74, 6) is 0. The van der Waals surface area contributed by atoms with E-state index in [1.165, 1.54) is 12.0 Å². The molecule has 1 aromatic rings. The number of rotatable bonds is 1. The van der Waals surface area contributed by atoms with Crippen molar-refractivity contribution < 1.29 is 9.53 Å². The zero-order valence-corrected chi connectivity index (χ0v) is 8.67. The Morgan fingerprint density at radius 3 is 2.43 bits per heavy atom. The van der Waals surface area contributed by atoms with Gasteiger partial charge in [0, 0.05) is 11.6 Å². The fourth-order valence-electron chi connectivity index (χ4n) is 1.52. The maximum Gasteiger partial charge on any atom is 0.106 e. The molecule has 1 heterocycles. The van der Waals surface area contributed by atoms with Crippen molar-refractivity contribution in [3.05, 3.63) is 34.9 Å². The van der Waals surface area contributed by atoms with Crippen LogP contribution in [0.15, 0.2) is 24.3 Å². The van der Waals surface area contributed by atoms with Gasteiger partial charge in [0.15, 0.2) is 0 Å². The van der Waals surface area contributed by atoms with Crippen molar-refractivity contribution in [2.45, 2.75) is 18.9 Å². The summed E-state index contributed by atoms with van der Waals surface area (Å²) < 4.78 is 5.54. The van der Waals surface area contributed by atoms with E-state index in [1.807, 2.05) is 31.1 Å². The highest BCUT2D eigenvalue weighted by molar-refractivity contribution is 6.30. The zero-order valence-electron chi connectivity index (χ0n) is 7.91. The van der Waals surface area contributed by atoms with E-state index >= 15 is 0 Å². The van der Waals surface area contributed by atoms with Gasteiger partial charge in [-0.2, -0.15) is 0 Å². The van der Waals surface area contributed by atoms with Crippen LogP contribution in [-0.2, 0) is 9.53 Å². The van der Waals surface area contributed by atoms with E-state index in [2.05, 4.69) is 0 Å². The highest BCUT2D eigenvalue weighted by Crippen LogP contribution is 2.28. The fraction of sp³-hybridized carbons (Fsp3) is 0.364. The van der Waals surface area contributed by atoms with Crippen molar-refractivity contribution in [3.63, 3.8) is 0 Å². The molecule has 76 valence electrons. The topological polar surface area (TPSA) is 26.3 Å². The number of benzene rings is 1. The second kappa shape index (κ2) is 5.78. The molecule has 0 aliphatic carbocycles. The fourth-order valence-corrected chi connectivity index (χ4v) is 1.64.